The zero-order valence-electron chi connectivity index (χ0n) is 13.3. The second-order valence-electron chi connectivity index (χ2n) is 6.08. The Morgan fingerprint density at radius 3 is 3.04 bits per heavy atom. The van der Waals surface area contributed by atoms with Gasteiger partial charge in [-0.3, -0.25) is 4.90 Å². The summed E-state index contributed by atoms with van der Waals surface area (Å²) in [6, 6.07) is 10.5. The van der Waals surface area contributed by atoms with Crippen molar-refractivity contribution in [3.05, 3.63) is 57.6 Å². The van der Waals surface area contributed by atoms with Crippen molar-refractivity contribution in [3.8, 4) is 11.5 Å². The number of aromatic nitrogens is 2. The van der Waals surface area contributed by atoms with E-state index in [0.29, 0.717) is 11.8 Å². The van der Waals surface area contributed by atoms with Gasteiger partial charge in [-0.15, -0.1) is 21.5 Å². The van der Waals surface area contributed by atoms with Crippen LogP contribution in [0.1, 0.15) is 34.9 Å². The van der Waals surface area contributed by atoms with Gasteiger partial charge < -0.3 is 4.42 Å². The van der Waals surface area contributed by atoms with E-state index in [1.54, 1.807) is 0 Å². The minimum absolute atomic E-state index is 0.133. The highest BCUT2D eigenvalue weighted by Gasteiger charge is 2.26. The molecule has 3 aromatic rings. The van der Waals surface area contributed by atoms with Gasteiger partial charge in [-0.25, -0.2) is 0 Å². The van der Waals surface area contributed by atoms with E-state index in [2.05, 4.69) is 52.5 Å². The topological polar surface area (TPSA) is 42.2 Å². The molecule has 0 radical (unpaired) electrons. The van der Waals surface area contributed by atoms with E-state index in [1.807, 2.05) is 23.5 Å². The van der Waals surface area contributed by atoms with Crippen LogP contribution in [0.3, 0.4) is 0 Å². The van der Waals surface area contributed by atoms with Crippen LogP contribution in [-0.4, -0.2) is 21.6 Å². The fourth-order valence-corrected chi connectivity index (χ4v) is 3.94. The zero-order chi connectivity index (χ0) is 15.8. The van der Waals surface area contributed by atoms with E-state index in [0.717, 1.165) is 25.1 Å². The second-order valence-corrected chi connectivity index (χ2v) is 7.08. The van der Waals surface area contributed by atoms with Crippen molar-refractivity contribution in [1.29, 1.82) is 0 Å². The molecule has 0 fully saturated rings. The summed E-state index contributed by atoms with van der Waals surface area (Å²) in [7, 11) is 0. The Morgan fingerprint density at radius 1 is 1.26 bits per heavy atom. The lowest BCUT2D eigenvalue weighted by molar-refractivity contribution is 0.168. The van der Waals surface area contributed by atoms with Crippen LogP contribution in [0.25, 0.3) is 11.5 Å². The number of nitrogens with zero attached hydrogens (tertiary/aromatic N) is 3. The molecule has 3 heterocycles. The van der Waals surface area contributed by atoms with Crippen molar-refractivity contribution in [2.24, 2.45) is 0 Å². The Balaban J connectivity index is 1.55. The van der Waals surface area contributed by atoms with Gasteiger partial charge in [-0.05, 0) is 49.4 Å². The predicted molar refractivity (Wildman–Crippen MR) is 91.3 cm³/mol. The first kappa shape index (κ1) is 14.6. The van der Waals surface area contributed by atoms with Gasteiger partial charge >= 0.3 is 0 Å². The number of fused-ring (bicyclic) bond motifs is 1. The quantitative estimate of drug-likeness (QED) is 0.723. The highest BCUT2D eigenvalue weighted by atomic mass is 32.1. The summed E-state index contributed by atoms with van der Waals surface area (Å²) < 4.78 is 5.95. The van der Waals surface area contributed by atoms with Crippen LogP contribution >= 0.6 is 11.3 Å². The molecule has 4 rings (SSSR count). The zero-order valence-corrected chi connectivity index (χ0v) is 14.1. The molecule has 2 aromatic heterocycles. The van der Waals surface area contributed by atoms with E-state index in [1.165, 1.54) is 16.0 Å². The van der Waals surface area contributed by atoms with Gasteiger partial charge in [0.15, 0.2) is 0 Å². The van der Waals surface area contributed by atoms with Crippen LogP contribution in [0.4, 0.5) is 0 Å². The van der Waals surface area contributed by atoms with Crippen LogP contribution in [0.5, 0.6) is 0 Å². The average molecular weight is 325 g/mol. The number of thiophene rings is 1. The van der Waals surface area contributed by atoms with E-state index >= 15 is 0 Å². The molecule has 23 heavy (non-hydrogen) atoms. The molecule has 0 bridgehead atoms. The minimum atomic E-state index is 0.133. The van der Waals surface area contributed by atoms with Crippen LogP contribution in [0.15, 0.2) is 40.1 Å². The SMILES string of the molecule is Cc1cccc(-c2nnc([C@H](C)N3CCc4sccc4C3)o2)c1. The van der Waals surface area contributed by atoms with Crippen molar-refractivity contribution < 1.29 is 4.42 Å². The fourth-order valence-electron chi connectivity index (χ4n) is 3.06. The standard InChI is InChI=1S/C18H19N3OS/c1-12-4-3-5-14(10-12)18-20-19-17(22-18)13(2)21-8-6-16-15(11-21)7-9-23-16/h3-5,7,9-10,13H,6,8,11H2,1-2H3/t13-/m0/s1. The Labute approximate surface area is 139 Å². The third-order valence-electron chi connectivity index (χ3n) is 4.45. The highest BCUT2D eigenvalue weighted by Crippen LogP contribution is 2.30. The first-order chi connectivity index (χ1) is 11.2. The molecule has 0 aliphatic carbocycles. The van der Waals surface area contributed by atoms with Crippen molar-refractivity contribution in [2.45, 2.75) is 32.9 Å². The lowest BCUT2D eigenvalue weighted by atomic mass is 10.1. The van der Waals surface area contributed by atoms with Gasteiger partial charge in [0.05, 0.1) is 6.04 Å². The lowest BCUT2D eigenvalue weighted by Gasteiger charge is -2.30. The van der Waals surface area contributed by atoms with Crippen LogP contribution in [-0.2, 0) is 13.0 Å². The monoisotopic (exact) mass is 325 g/mol. The third kappa shape index (κ3) is 2.82. The van der Waals surface area contributed by atoms with Crippen LogP contribution in [0, 0.1) is 6.92 Å². The molecule has 1 aliphatic heterocycles. The molecule has 4 nitrogen and oxygen atoms in total. The van der Waals surface area contributed by atoms with Crippen LogP contribution < -0.4 is 0 Å². The Kier molecular flexibility index (Phi) is 3.75. The minimum Gasteiger partial charge on any atom is -0.419 e. The molecule has 0 N–H and O–H groups in total. The molecule has 0 unspecified atom stereocenters. The summed E-state index contributed by atoms with van der Waals surface area (Å²) >= 11 is 1.86. The molecule has 0 amide bonds. The molecule has 1 aromatic carbocycles. The van der Waals surface area contributed by atoms with E-state index in [-0.39, 0.29) is 6.04 Å². The van der Waals surface area contributed by atoms with Gasteiger partial charge in [-0.2, -0.15) is 0 Å². The summed E-state index contributed by atoms with van der Waals surface area (Å²) in [5, 5.41) is 10.7. The van der Waals surface area contributed by atoms with Gasteiger partial charge in [-0.1, -0.05) is 17.7 Å². The smallest absolute Gasteiger partial charge is 0.247 e. The number of hydrogen-bond donors (Lipinski definition) is 0. The first-order valence-electron chi connectivity index (χ1n) is 7.90. The predicted octanol–water partition coefficient (Wildman–Crippen LogP) is 4.23. The molecule has 0 saturated heterocycles. The average Bonchev–Trinajstić information content (AvgIpc) is 3.22. The number of hydrogen-bond acceptors (Lipinski definition) is 5. The normalized spacial score (nSPS) is 16.3. The number of aryl methyl sites for hydroxylation is 1. The van der Waals surface area contributed by atoms with Gasteiger partial charge in [0, 0.05) is 23.5 Å². The van der Waals surface area contributed by atoms with Gasteiger partial charge in [0.2, 0.25) is 11.8 Å². The van der Waals surface area contributed by atoms with E-state index in [9.17, 15) is 0 Å². The second kappa shape index (κ2) is 5.91. The van der Waals surface area contributed by atoms with E-state index in [4.69, 9.17) is 4.42 Å². The Bertz CT molecular complexity index is 823. The maximum absolute atomic E-state index is 5.95. The van der Waals surface area contributed by atoms with Crippen LogP contribution in [0.2, 0.25) is 0 Å². The molecule has 118 valence electrons. The maximum atomic E-state index is 5.95. The molecular formula is C18H19N3OS. The Morgan fingerprint density at radius 2 is 2.17 bits per heavy atom. The summed E-state index contributed by atoms with van der Waals surface area (Å²) in [6.07, 6.45) is 1.11. The summed E-state index contributed by atoms with van der Waals surface area (Å²) in [5.41, 5.74) is 3.61. The third-order valence-corrected chi connectivity index (χ3v) is 5.47. The molecular weight excluding hydrogens is 306 g/mol. The van der Waals surface area contributed by atoms with Crippen molar-refractivity contribution >= 4 is 11.3 Å². The molecule has 5 heteroatoms. The van der Waals surface area contributed by atoms with Crippen molar-refractivity contribution in [1.82, 2.24) is 15.1 Å². The largest absolute Gasteiger partial charge is 0.419 e. The Hall–Kier alpha value is -1.98. The molecule has 1 atom stereocenters. The fraction of sp³-hybridized carbons (Fsp3) is 0.333. The first-order valence-corrected chi connectivity index (χ1v) is 8.78. The number of benzene rings is 1. The number of rotatable bonds is 3. The summed E-state index contributed by atoms with van der Waals surface area (Å²) in [5.74, 6) is 1.30. The molecule has 0 spiro atoms. The maximum Gasteiger partial charge on any atom is 0.247 e. The van der Waals surface area contributed by atoms with Gasteiger partial charge in [0.25, 0.3) is 0 Å². The van der Waals surface area contributed by atoms with Gasteiger partial charge in [0.1, 0.15) is 0 Å². The highest BCUT2D eigenvalue weighted by molar-refractivity contribution is 7.10. The summed E-state index contributed by atoms with van der Waals surface area (Å²) in [4.78, 5) is 3.92. The molecule has 1 aliphatic rings. The molecule has 0 saturated carbocycles. The van der Waals surface area contributed by atoms with Crippen molar-refractivity contribution in [2.75, 3.05) is 6.54 Å². The van der Waals surface area contributed by atoms with Crippen molar-refractivity contribution in [3.63, 3.8) is 0 Å². The summed E-state index contributed by atoms with van der Waals surface area (Å²) in [6.45, 7) is 6.21. The lowest BCUT2D eigenvalue weighted by Crippen LogP contribution is -2.32. The van der Waals surface area contributed by atoms with E-state index < -0.39 is 0 Å².